The summed E-state index contributed by atoms with van der Waals surface area (Å²) in [6, 6.07) is 0. The fourth-order valence-electron chi connectivity index (χ4n) is 0.344. The largest absolute Gasteiger partial charge is 0.454 e. The Morgan fingerprint density at radius 3 is 1.58 bits per heavy atom. The fourth-order valence-corrected chi connectivity index (χ4v) is 0.344. The average Bonchev–Trinajstić information content (AvgIpc) is 1.84. The molecule has 0 aliphatic carbocycles. The topological polar surface area (TPSA) is 83.6 Å². The first-order chi connectivity index (χ1) is 5.29. The van der Waals surface area contributed by atoms with Crippen molar-refractivity contribution >= 4 is 13.0 Å². The molecule has 0 aliphatic rings. The van der Waals surface area contributed by atoms with E-state index in [4.69, 9.17) is 10.0 Å². The summed E-state index contributed by atoms with van der Waals surface area (Å²) >= 11 is 0. The van der Waals surface area contributed by atoms with E-state index in [2.05, 4.69) is 5.73 Å². The van der Waals surface area contributed by atoms with Gasteiger partial charge in [0.15, 0.2) is 0 Å². The van der Waals surface area contributed by atoms with Crippen molar-refractivity contribution in [2.45, 2.75) is 33.5 Å². The SMILES string of the molecule is CC(C)C(C)B(O)O.CC(N)=O. The van der Waals surface area contributed by atoms with Gasteiger partial charge in [-0.25, -0.2) is 0 Å². The lowest BCUT2D eigenvalue weighted by atomic mass is 9.68. The molecule has 0 fully saturated rings. The fraction of sp³-hybridized carbons (Fsp3) is 0.857. The zero-order valence-electron chi connectivity index (χ0n) is 8.11. The van der Waals surface area contributed by atoms with Gasteiger partial charge in [-0.15, -0.1) is 0 Å². The van der Waals surface area contributed by atoms with E-state index in [-0.39, 0.29) is 11.7 Å². The summed E-state index contributed by atoms with van der Waals surface area (Å²) in [5.41, 5.74) is 4.47. The predicted molar refractivity (Wildman–Crippen MR) is 49.3 cm³/mol. The molecule has 0 aromatic rings. The zero-order valence-corrected chi connectivity index (χ0v) is 8.11. The average molecular weight is 175 g/mol. The Labute approximate surface area is 73.9 Å². The Morgan fingerprint density at radius 1 is 1.33 bits per heavy atom. The molecule has 1 unspecified atom stereocenters. The second-order valence-electron chi connectivity index (χ2n) is 3.13. The van der Waals surface area contributed by atoms with Gasteiger partial charge in [0.2, 0.25) is 5.91 Å². The lowest BCUT2D eigenvalue weighted by molar-refractivity contribution is -0.115. The molecule has 0 saturated heterocycles. The van der Waals surface area contributed by atoms with Crippen LogP contribution in [0.3, 0.4) is 0 Å². The quantitative estimate of drug-likeness (QED) is 0.516. The van der Waals surface area contributed by atoms with Crippen molar-refractivity contribution in [2.24, 2.45) is 11.7 Å². The molecule has 0 aliphatic heterocycles. The van der Waals surface area contributed by atoms with Gasteiger partial charge in [0.05, 0.1) is 0 Å². The molecule has 0 bridgehead atoms. The Kier molecular flexibility index (Phi) is 8.31. The van der Waals surface area contributed by atoms with E-state index in [1.54, 1.807) is 0 Å². The molecular formula is C7H18BNO3. The maximum absolute atomic E-state index is 9.22. The molecule has 5 heteroatoms. The van der Waals surface area contributed by atoms with E-state index in [9.17, 15) is 4.79 Å². The Bertz CT molecular complexity index is 116. The van der Waals surface area contributed by atoms with Gasteiger partial charge in [-0.2, -0.15) is 0 Å². The van der Waals surface area contributed by atoms with Crippen LogP contribution in [0.4, 0.5) is 0 Å². The third-order valence-corrected chi connectivity index (χ3v) is 1.52. The Balaban J connectivity index is 0. The van der Waals surface area contributed by atoms with Crippen molar-refractivity contribution in [3.05, 3.63) is 0 Å². The summed E-state index contributed by atoms with van der Waals surface area (Å²) < 4.78 is 0. The van der Waals surface area contributed by atoms with E-state index >= 15 is 0 Å². The summed E-state index contributed by atoms with van der Waals surface area (Å²) in [5.74, 6) is -0.00926. The van der Waals surface area contributed by atoms with Gasteiger partial charge >= 0.3 is 7.12 Å². The van der Waals surface area contributed by atoms with Crippen molar-refractivity contribution in [2.75, 3.05) is 0 Å². The monoisotopic (exact) mass is 175 g/mol. The maximum Gasteiger partial charge on any atom is 0.454 e. The van der Waals surface area contributed by atoms with Crippen molar-refractivity contribution in [1.82, 2.24) is 0 Å². The zero-order chi connectivity index (χ0) is 10.3. The molecule has 0 aromatic carbocycles. The highest BCUT2D eigenvalue weighted by Crippen LogP contribution is 2.16. The molecule has 1 amide bonds. The van der Waals surface area contributed by atoms with Crippen LogP contribution < -0.4 is 5.73 Å². The summed E-state index contributed by atoms with van der Waals surface area (Å²) in [5, 5.41) is 17.1. The highest BCUT2D eigenvalue weighted by atomic mass is 16.4. The minimum absolute atomic E-state index is 0.0185. The molecule has 0 saturated carbocycles. The highest BCUT2D eigenvalue weighted by Gasteiger charge is 2.20. The van der Waals surface area contributed by atoms with Crippen LogP contribution >= 0.6 is 0 Å². The first-order valence-electron chi connectivity index (χ1n) is 3.91. The number of amides is 1. The van der Waals surface area contributed by atoms with E-state index in [0.717, 1.165) is 0 Å². The third kappa shape index (κ3) is 12.2. The standard InChI is InChI=1S/C5H13BO2.C2H5NO/c1-4(2)5(3)6(7)8;1-2(3)4/h4-5,7-8H,1-3H3;1H3,(H2,3,4). The van der Waals surface area contributed by atoms with Crippen LogP contribution in [0.25, 0.3) is 0 Å². The number of carbonyl (C=O) groups excluding carboxylic acids is 1. The first-order valence-corrected chi connectivity index (χ1v) is 3.91. The smallest absolute Gasteiger partial charge is 0.427 e. The first kappa shape index (κ1) is 14.0. The van der Waals surface area contributed by atoms with E-state index in [0.29, 0.717) is 5.92 Å². The normalized spacial score (nSPS) is 11.6. The van der Waals surface area contributed by atoms with Crippen molar-refractivity contribution in [1.29, 1.82) is 0 Å². The van der Waals surface area contributed by atoms with E-state index in [1.165, 1.54) is 6.92 Å². The molecular weight excluding hydrogens is 157 g/mol. The van der Waals surface area contributed by atoms with Crippen molar-refractivity contribution in [3.63, 3.8) is 0 Å². The Hall–Kier alpha value is -0.545. The molecule has 4 nitrogen and oxygen atoms in total. The van der Waals surface area contributed by atoms with Gasteiger partial charge in [0, 0.05) is 6.92 Å². The molecule has 4 N–H and O–H groups in total. The summed E-state index contributed by atoms with van der Waals surface area (Å²) in [6.45, 7) is 7.05. The Morgan fingerprint density at radius 2 is 1.58 bits per heavy atom. The van der Waals surface area contributed by atoms with Gasteiger partial charge in [-0.1, -0.05) is 20.8 Å². The third-order valence-electron chi connectivity index (χ3n) is 1.52. The molecule has 0 spiro atoms. The molecule has 12 heavy (non-hydrogen) atoms. The molecule has 0 radical (unpaired) electrons. The lowest BCUT2D eigenvalue weighted by Crippen LogP contribution is -2.21. The van der Waals surface area contributed by atoms with Crippen LogP contribution in [0.5, 0.6) is 0 Å². The number of hydrogen-bond donors (Lipinski definition) is 3. The van der Waals surface area contributed by atoms with Crippen LogP contribution in [0, 0.1) is 5.92 Å². The number of hydrogen-bond acceptors (Lipinski definition) is 3. The minimum atomic E-state index is -1.16. The van der Waals surface area contributed by atoms with Crippen LogP contribution in [-0.2, 0) is 4.79 Å². The van der Waals surface area contributed by atoms with Crippen LogP contribution in [0.15, 0.2) is 0 Å². The molecule has 1 atom stereocenters. The van der Waals surface area contributed by atoms with Crippen LogP contribution in [0.2, 0.25) is 5.82 Å². The van der Waals surface area contributed by atoms with Crippen molar-refractivity contribution in [3.8, 4) is 0 Å². The van der Waals surface area contributed by atoms with E-state index < -0.39 is 7.12 Å². The molecule has 72 valence electrons. The summed E-state index contributed by atoms with van der Waals surface area (Å²) in [6.07, 6.45) is 0. The van der Waals surface area contributed by atoms with Gasteiger partial charge < -0.3 is 15.8 Å². The number of primary amides is 1. The molecule has 0 heterocycles. The van der Waals surface area contributed by atoms with Crippen molar-refractivity contribution < 1.29 is 14.8 Å². The summed E-state index contributed by atoms with van der Waals surface area (Å²) in [7, 11) is -1.16. The number of rotatable bonds is 2. The van der Waals surface area contributed by atoms with Gasteiger partial charge in [-0.3, -0.25) is 4.79 Å². The van der Waals surface area contributed by atoms with Gasteiger partial charge in [0.1, 0.15) is 0 Å². The molecule has 0 rings (SSSR count). The number of nitrogens with two attached hydrogens (primary N) is 1. The predicted octanol–water partition coefficient (Wildman–Crippen LogP) is -0.00310. The second-order valence-corrected chi connectivity index (χ2v) is 3.13. The molecule has 0 aromatic heterocycles. The maximum atomic E-state index is 9.22. The summed E-state index contributed by atoms with van der Waals surface area (Å²) in [4.78, 5) is 9.22. The number of carbonyl (C=O) groups is 1. The minimum Gasteiger partial charge on any atom is -0.427 e. The lowest BCUT2D eigenvalue weighted by Gasteiger charge is -2.12. The van der Waals surface area contributed by atoms with E-state index in [1.807, 2.05) is 20.8 Å². The van der Waals surface area contributed by atoms with Crippen LogP contribution in [-0.4, -0.2) is 23.1 Å². The second kappa shape index (κ2) is 7.12. The van der Waals surface area contributed by atoms with Gasteiger partial charge in [-0.05, 0) is 11.7 Å². The van der Waals surface area contributed by atoms with Gasteiger partial charge in [0.25, 0.3) is 0 Å². The highest BCUT2D eigenvalue weighted by molar-refractivity contribution is 6.43. The van der Waals surface area contributed by atoms with Crippen LogP contribution in [0.1, 0.15) is 27.7 Å².